The minimum Gasteiger partial charge on any atom is -0.480 e. The van der Waals surface area contributed by atoms with Crippen LogP contribution in [-0.4, -0.2) is 30.3 Å². The van der Waals surface area contributed by atoms with Gasteiger partial charge in [-0.3, -0.25) is 4.79 Å². The molecule has 0 aromatic heterocycles. The largest absolute Gasteiger partial charge is 0.480 e. The highest BCUT2D eigenvalue weighted by Crippen LogP contribution is 2.28. The molecular weight excluding hydrogens is 170 g/mol. The van der Waals surface area contributed by atoms with E-state index in [2.05, 4.69) is 0 Å². The van der Waals surface area contributed by atoms with E-state index in [0.29, 0.717) is 0 Å². The Kier molecular flexibility index (Phi) is 4.36. The lowest BCUT2D eigenvalue weighted by Crippen LogP contribution is -2.50. The third kappa shape index (κ3) is 2.67. The molecule has 3 N–H and O–H groups in total. The van der Waals surface area contributed by atoms with Crippen LogP contribution in [0.25, 0.3) is 0 Å². The average molecular weight is 189 g/mol. The summed E-state index contributed by atoms with van der Waals surface area (Å²) in [5.41, 5.74) is 5.02. The van der Waals surface area contributed by atoms with Crippen LogP contribution >= 0.6 is 0 Å². The molecule has 78 valence electrons. The van der Waals surface area contributed by atoms with Gasteiger partial charge in [-0.1, -0.05) is 20.8 Å². The Morgan fingerprint density at radius 2 is 2.08 bits per heavy atom. The number of nitrogens with two attached hydrogens (primary N) is 1. The van der Waals surface area contributed by atoms with Crippen molar-refractivity contribution in [2.45, 2.75) is 39.3 Å². The molecule has 0 fully saturated rings. The van der Waals surface area contributed by atoms with E-state index in [1.165, 1.54) is 0 Å². The second kappa shape index (κ2) is 4.58. The van der Waals surface area contributed by atoms with Gasteiger partial charge < -0.3 is 15.6 Å². The smallest absolute Gasteiger partial charge is 0.321 e. The van der Waals surface area contributed by atoms with Gasteiger partial charge in [0.15, 0.2) is 0 Å². The Bertz CT molecular complexity index is 176. The molecule has 0 saturated carbocycles. The van der Waals surface area contributed by atoms with Crippen LogP contribution in [0.1, 0.15) is 27.2 Å². The molecule has 0 aromatic rings. The van der Waals surface area contributed by atoms with E-state index >= 15 is 0 Å². The number of ether oxygens (including phenoxy) is 1. The first-order valence-corrected chi connectivity index (χ1v) is 4.39. The molecule has 0 heterocycles. The predicted molar refractivity (Wildman–Crippen MR) is 50.5 cm³/mol. The lowest BCUT2D eigenvalue weighted by atomic mass is 9.78. The molecule has 4 heteroatoms. The van der Waals surface area contributed by atoms with Gasteiger partial charge >= 0.3 is 5.97 Å². The molecule has 13 heavy (non-hydrogen) atoms. The molecule has 0 amide bonds. The number of carboxylic acids is 1. The highest BCUT2D eigenvalue weighted by atomic mass is 16.5. The van der Waals surface area contributed by atoms with E-state index in [1.807, 2.05) is 20.8 Å². The summed E-state index contributed by atoms with van der Waals surface area (Å²) in [5.74, 6) is -0.986. The molecule has 2 atom stereocenters. The first-order chi connectivity index (χ1) is 5.87. The Morgan fingerprint density at radius 3 is 2.31 bits per heavy atom. The molecule has 0 aliphatic heterocycles. The molecule has 0 bridgehead atoms. The van der Waals surface area contributed by atoms with Crippen LogP contribution in [0.5, 0.6) is 0 Å². The first kappa shape index (κ1) is 12.4. The maximum atomic E-state index is 10.7. The molecule has 0 aromatic carbocycles. The standard InChI is InChI=1S/C9H19NO3/c1-5-6(13-4)9(2,3)7(10)8(11)12/h6-7H,5,10H2,1-4H3,(H,11,12). The summed E-state index contributed by atoms with van der Waals surface area (Å²) in [6.45, 7) is 5.57. The number of methoxy groups -OCH3 is 1. The van der Waals surface area contributed by atoms with E-state index in [1.54, 1.807) is 7.11 Å². The van der Waals surface area contributed by atoms with Crippen molar-refractivity contribution in [2.24, 2.45) is 11.1 Å². The van der Waals surface area contributed by atoms with Gasteiger partial charge in [-0.25, -0.2) is 0 Å². The normalized spacial score (nSPS) is 16.7. The monoisotopic (exact) mass is 189 g/mol. The van der Waals surface area contributed by atoms with Crippen molar-refractivity contribution in [2.75, 3.05) is 7.11 Å². The third-order valence-corrected chi connectivity index (χ3v) is 2.55. The number of aliphatic carboxylic acids is 1. The highest BCUT2D eigenvalue weighted by Gasteiger charge is 2.38. The Balaban J connectivity index is 4.60. The third-order valence-electron chi connectivity index (χ3n) is 2.55. The van der Waals surface area contributed by atoms with Crippen molar-refractivity contribution in [3.05, 3.63) is 0 Å². The van der Waals surface area contributed by atoms with Gasteiger partial charge in [0.25, 0.3) is 0 Å². The van der Waals surface area contributed by atoms with Gasteiger partial charge in [0, 0.05) is 12.5 Å². The Labute approximate surface area is 79.1 Å². The molecular formula is C9H19NO3. The van der Waals surface area contributed by atoms with Crippen molar-refractivity contribution in [3.8, 4) is 0 Å². The summed E-state index contributed by atoms with van der Waals surface area (Å²) >= 11 is 0. The molecule has 0 rings (SSSR count). The number of hydrogen-bond acceptors (Lipinski definition) is 3. The molecule has 0 saturated heterocycles. The van der Waals surface area contributed by atoms with Crippen molar-refractivity contribution >= 4 is 5.97 Å². The van der Waals surface area contributed by atoms with E-state index in [-0.39, 0.29) is 6.10 Å². The van der Waals surface area contributed by atoms with E-state index in [0.717, 1.165) is 6.42 Å². The Morgan fingerprint density at radius 1 is 1.62 bits per heavy atom. The number of carboxylic acid groups (broad SMARTS) is 1. The summed E-state index contributed by atoms with van der Waals surface area (Å²) in [4.78, 5) is 10.7. The zero-order valence-electron chi connectivity index (χ0n) is 8.70. The first-order valence-electron chi connectivity index (χ1n) is 4.39. The second-order valence-electron chi connectivity index (χ2n) is 3.77. The number of carbonyl (C=O) groups is 1. The number of rotatable bonds is 5. The quantitative estimate of drug-likeness (QED) is 0.672. The van der Waals surface area contributed by atoms with Gasteiger partial charge in [0.2, 0.25) is 0 Å². The van der Waals surface area contributed by atoms with Crippen molar-refractivity contribution in [1.29, 1.82) is 0 Å². The van der Waals surface area contributed by atoms with Crippen molar-refractivity contribution in [3.63, 3.8) is 0 Å². The van der Waals surface area contributed by atoms with E-state index in [9.17, 15) is 4.79 Å². The molecule has 0 aliphatic carbocycles. The predicted octanol–water partition coefficient (Wildman–Crippen LogP) is 0.849. The lowest BCUT2D eigenvalue weighted by molar-refractivity contribution is -0.144. The van der Waals surface area contributed by atoms with Gasteiger partial charge in [0.1, 0.15) is 6.04 Å². The average Bonchev–Trinajstić information content (AvgIpc) is 2.04. The molecule has 4 nitrogen and oxygen atoms in total. The maximum Gasteiger partial charge on any atom is 0.321 e. The van der Waals surface area contributed by atoms with Crippen LogP contribution in [0.3, 0.4) is 0 Å². The second-order valence-corrected chi connectivity index (χ2v) is 3.77. The molecule has 0 radical (unpaired) electrons. The van der Waals surface area contributed by atoms with E-state index < -0.39 is 17.4 Å². The van der Waals surface area contributed by atoms with Crippen LogP contribution in [0.15, 0.2) is 0 Å². The summed E-state index contributed by atoms with van der Waals surface area (Å²) < 4.78 is 5.19. The topological polar surface area (TPSA) is 72.5 Å². The minimum absolute atomic E-state index is 0.126. The fraction of sp³-hybridized carbons (Fsp3) is 0.889. The van der Waals surface area contributed by atoms with Crippen LogP contribution in [-0.2, 0) is 9.53 Å². The van der Waals surface area contributed by atoms with Crippen molar-refractivity contribution < 1.29 is 14.6 Å². The lowest BCUT2D eigenvalue weighted by Gasteiger charge is -2.35. The van der Waals surface area contributed by atoms with Crippen LogP contribution in [0.4, 0.5) is 0 Å². The van der Waals surface area contributed by atoms with Crippen LogP contribution in [0, 0.1) is 5.41 Å². The molecule has 2 unspecified atom stereocenters. The summed E-state index contributed by atoms with van der Waals surface area (Å²) in [6, 6.07) is -0.891. The fourth-order valence-electron chi connectivity index (χ4n) is 1.52. The van der Waals surface area contributed by atoms with Crippen LogP contribution < -0.4 is 5.73 Å². The minimum atomic E-state index is -0.986. The van der Waals surface area contributed by atoms with Gasteiger partial charge in [-0.05, 0) is 6.42 Å². The van der Waals surface area contributed by atoms with Gasteiger partial charge in [-0.15, -0.1) is 0 Å². The maximum absolute atomic E-state index is 10.7. The van der Waals surface area contributed by atoms with Crippen molar-refractivity contribution in [1.82, 2.24) is 0 Å². The highest BCUT2D eigenvalue weighted by molar-refractivity contribution is 5.74. The summed E-state index contributed by atoms with van der Waals surface area (Å²) in [7, 11) is 1.57. The number of hydrogen-bond donors (Lipinski definition) is 2. The van der Waals surface area contributed by atoms with Gasteiger partial charge in [0.05, 0.1) is 6.10 Å². The molecule has 0 aliphatic rings. The zero-order valence-corrected chi connectivity index (χ0v) is 8.70. The molecule has 0 spiro atoms. The zero-order chi connectivity index (χ0) is 10.6. The van der Waals surface area contributed by atoms with Gasteiger partial charge in [-0.2, -0.15) is 0 Å². The summed E-state index contributed by atoms with van der Waals surface area (Å²) in [6.07, 6.45) is 0.628. The Hall–Kier alpha value is -0.610. The fourth-order valence-corrected chi connectivity index (χ4v) is 1.52. The van der Waals surface area contributed by atoms with E-state index in [4.69, 9.17) is 15.6 Å². The SMILES string of the molecule is CCC(OC)C(C)(C)C(N)C(=O)O. The van der Waals surface area contributed by atoms with Crippen LogP contribution in [0.2, 0.25) is 0 Å². The summed E-state index contributed by atoms with van der Waals surface area (Å²) in [5, 5.41) is 8.78.